The van der Waals surface area contributed by atoms with Crippen molar-refractivity contribution in [2.24, 2.45) is 5.73 Å². The summed E-state index contributed by atoms with van der Waals surface area (Å²) in [5, 5.41) is 0. The Hall–Kier alpha value is -1.88. The van der Waals surface area contributed by atoms with E-state index in [-0.39, 0.29) is 0 Å². The molecular formula is C14H13F3N2. The molecule has 5 heteroatoms. The average molecular weight is 266 g/mol. The summed E-state index contributed by atoms with van der Waals surface area (Å²) in [6.45, 7) is 0.518. The summed E-state index contributed by atoms with van der Waals surface area (Å²) in [6, 6.07) is 8.68. The Labute approximate surface area is 109 Å². The lowest BCUT2D eigenvalue weighted by molar-refractivity contribution is -0.137. The molecule has 0 fully saturated rings. The van der Waals surface area contributed by atoms with Gasteiger partial charge < -0.3 is 5.73 Å². The summed E-state index contributed by atoms with van der Waals surface area (Å²) in [4.78, 5) is 4.17. The Bertz CT molecular complexity index is 547. The van der Waals surface area contributed by atoms with Crippen molar-refractivity contribution in [1.82, 2.24) is 4.98 Å². The minimum Gasteiger partial charge on any atom is -0.330 e. The van der Waals surface area contributed by atoms with Gasteiger partial charge in [0.25, 0.3) is 0 Å². The van der Waals surface area contributed by atoms with Gasteiger partial charge in [0.05, 0.1) is 11.3 Å². The van der Waals surface area contributed by atoms with Gasteiger partial charge >= 0.3 is 6.18 Å². The van der Waals surface area contributed by atoms with Crippen LogP contribution in [0, 0.1) is 0 Å². The number of alkyl halides is 3. The molecule has 1 aromatic carbocycles. The van der Waals surface area contributed by atoms with E-state index < -0.39 is 11.7 Å². The van der Waals surface area contributed by atoms with Crippen LogP contribution in [0.5, 0.6) is 0 Å². The number of hydrogen-bond donors (Lipinski definition) is 1. The quantitative estimate of drug-likeness (QED) is 0.926. The lowest BCUT2D eigenvalue weighted by Gasteiger charge is -2.08. The van der Waals surface area contributed by atoms with Gasteiger partial charge in [0.1, 0.15) is 0 Å². The van der Waals surface area contributed by atoms with Crippen molar-refractivity contribution >= 4 is 0 Å². The fraction of sp³-hybridized carbons (Fsp3) is 0.214. The van der Waals surface area contributed by atoms with Gasteiger partial charge in [-0.1, -0.05) is 18.2 Å². The molecule has 0 aliphatic heterocycles. The van der Waals surface area contributed by atoms with Crippen LogP contribution >= 0.6 is 0 Å². The van der Waals surface area contributed by atoms with Crippen LogP contribution < -0.4 is 5.73 Å². The second-order valence-corrected chi connectivity index (χ2v) is 4.17. The predicted molar refractivity (Wildman–Crippen MR) is 67.4 cm³/mol. The SMILES string of the molecule is NCCc1ccc(-c2cccc(C(F)(F)F)c2)nc1. The normalized spacial score (nSPS) is 11.6. The van der Waals surface area contributed by atoms with Crippen molar-refractivity contribution in [3.05, 3.63) is 53.7 Å². The van der Waals surface area contributed by atoms with E-state index in [0.29, 0.717) is 24.2 Å². The zero-order valence-electron chi connectivity index (χ0n) is 10.1. The maximum atomic E-state index is 12.6. The van der Waals surface area contributed by atoms with E-state index in [1.54, 1.807) is 18.3 Å². The molecule has 2 aromatic rings. The van der Waals surface area contributed by atoms with Crippen LogP contribution in [0.3, 0.4) is 0 Å². The highest BCUT2D eigenvalue weighted by Crippen LogP contribution is 2.31. The summed E-state index contributed by atoms with van der Waals surface area (Å²) in [7, 11) is 0. The highest BCUT2D eigenvalue weighted by atomic mass is 19.4. The Kier molecular flexibility index (Phi) is 3.85. The summed E-state index contributed by atoms with van der Waals surface area (Å²) in [6.07, 6.45) is -1.99. The van der Waals surface area contributed by atoms with Crippen molar-refractivity contribution in [3.63, 3.8) is 0 Å². The zero-order chi connectivity index (χ0) is 13.9. The first-order valence-corrected chi connectivity index (χ1v) is 5.83. The highest BCUT2D eigenvalue weighted by Gasteiger charge is 2.30. The zero-order valence-corrected chi connectivity index (χ0v) is 10.1. The molecule has 0 amide bonds. The van der Waals surface area contributed by atoms with E-state index in [0.717, 1.165) is 17.7 Å². The molecular weight excluding hydrogens is 253 g/mol. The topological polar surface area (TPSA) is 38.9 Å². The first-order valence-electron chi connectivity index (χ1n) is 5.83. The largest absolute Gasteiger partial charge is 0.416 e. The van der Waals surface area contributed by atoms with Gasteiger partial charge in [-0.2, -0.15) is 13.2 Å². The van der Waals surface area contributed by atoms with Crippen LogP contribution in [0.4, 0.5) is 13.2 Å². The molecule has 0 radical (unpaired) electrons. The molecule has 0 unspecified atom stereocenters. The van der Waals surface area contributed by atoms with Gasteiger partial charge in [0.15, 0.2) is 0 Å². The summed E-state index contributed by atoms with van der Waals surface area (Å²) in [5.41, 5.74) is 6.70. The third kappa shape index (κ3) is 3.32. The molecule has 1 aromatic heterocycles. The molecule has 0 saturated carbocycles. The fourth-order valence-electron chi connectivity index (χ4n) is 1.76. The molecule has 0 bridgehead atoms. The van der Waals surface area contributed by atoms with E-state index in [1.807, 2.05) is 6.07 Å². The van der Waals surface area contributed by atoms with Gasteiger partial charge in [-0.25, -0.2) is 0 Å². The van der Waals surface area contributed by atoms with E-state index >= 15 is 0 Å². The molecule has 2 N–H and O–H groups in total. The molecule has 0 spiro atoms. The summed E-state index contributed by atoms with van der Waals surface area (Å²) < 4.78 is 37.8. The van der Waals surface area contributed by atoms with Gasteiger partial charge in [0, 0.05) is 11.8 Å². The van der Waals surface area contributed by atoms with E-state index in [4.69, 9.17) is 5.73 Å². The van der Waals surface area contributed by atoms with Crippen LogP contribution in [0.25, 0.3) is 11.3 Å². The smallest absolute Gasteiger partial charge is 0.330 e. The number of rotatable bonds is 3. The number of aromatic nitrogens is 1. The number of pyridine rings is 1. The fourth-order valence-corrected chi connectivity index (χ4v) is 1.76. The first kappa shape index (κ1) is 13.5. The molecule has 0 saturated heterocycles. The van der Waals surface area contributed by atoms with E-state index in [1.165, 1.54) is 6.07 Å². The number of halogens is 3. The minimum atomic E-state index is -4.34. The maximum absolute atomic E-state index is 12.6. The summed E-state index contributed by atoms with van der Waals surface area (Å²) in [5.74, 6) is 0. The van der Waals surface area contributed by atoms with Gasteiger partial charge in [-0.05, 0) is 36.7 Å². The Morgan fingerprint density at radius 2 is 1.89 bits per heavy atom. The van der Waals surface area contributed by atoms with Crippen molar-refractivity contribution < 1.29 is 13.2 Å². The van der Waals surface area contributed by atoms with E-state index in [9.17, 15) is 13.2 Å². The number of nitrogens with two attached hydrogens (primary N) is 1. The molecule has 2 rings (SSSR count). The molecule has 1 heterocycles. The van der Waals surface area contributed by atoms with Crippen LogP contribution in [0.1, 0.15) is 11.1 Å². The lowest BCUT2D eigenvalue weighted by atomic mass is 10.1. The molecule has 100 valence electrons. The van der Waals surface area contributed by atoms with Crippen molar-refractivity contribution in [2.75, 3.05) is 6.54 Å². The lowest BCUT2D eigenvalue weighted by Crippen LogP contribution is -2.05. The predicted octanol–water partition coefficient (Wildman–Crippen LogP) is 3.27. The van der Waals surface area contributed by atoms with Crippen LogP contribution in [-0.2, 0) is 12.6 Å². The first-order chi connectivity index (χ1) is 9.00. The minimum absolute atomic E-state index is 0.453. The highest BCUT2D eigenvalue weighted by molar-refractivity contribution is 5.60. The monoisotopic (exact) mass is 266 g/mol. The molecule has 0 aliphatic rings. The second kappa shape index (κ2) is 5.40. The van der Waals surface area contributed by atoms with Crippen molar-refractivity contribution in [3.8, 4) is 11.3 Å². The second-order valence-electron chi connectivity index (χ2n) is 4.17. The molecule has 2 nitrogen and oxygen atoms in total. The maximum Gasteiger partial charge on any atom is 0.416 e. The van der Waals surface area contributed by atoms with E-state index in [2.05, 4.69) is 4.98 Å². The van der Waals surface area contributed by atoms with Gasteiger partial charge in [0.2, 0.25) is 0 Å². The third-order valence-corrected chi connectivity index (χ3v) is 2.74. The van der Waals surface area contributed by atoms with Crippen molar-refractivity contribution in [1.29, 1.82) is 0 Å². The van der Waals surface area contributed by atoms with Crippen molar-refractivity contribution in [2.45, 2.75) is 12.6 Å². The number of benzene rings is 1. The molecule has 0 aliphatic carbocycles. The average Bonchev–Trinajstić information content (AvgIpc) is 2.39. The molecule has 19 heavy (non-hydrogen) atoms. The van der Waals surface area contributed by atoms with Crippen LogP contribution in [-0.4, -0.2) is 11.5 Å². The standard InChI is InChI=1S/C14H13F3N2/c15-14(16,17)12-3-1-2-11(8-12)13-5-4-10(6-7-18)9-19-13/h1-5,8-9H,6-7,18H2. The number of hydrogen-bond acceptors (Lipinski definition) is 2. The van der Waals surface area contributed by atoms with Crippen LogP contribution in [0.2, 0.25) is 0 Å². The third-order valence-electron chi connectivity index (χ3n) is 2.74. The number of nitrogens with zero attached hydrogens (tertiary/aromatic N) is 1. The van der Waals surface area contributed by atoms with Crippen LogP contribution in [0.15, 0.2) is 42.6 Å². The Morgan fingerprint density at radius 1 is 1.11 bits per heavy atom. The molecule has 0 atom stereocenters. The van der Waals surface area contributed by atoms with Gasteiger partial charge in [-0.3, -0.25) is 4.98 Å². The summed E-state index contributed by atoms with van der Waals surface area (Å²) >= 11 is 0. The van der Waals surface area contributed by atoms with Gasteiger partial charge in [-0.15, -0.1) is 0 Å². The Morgan fingerprint density at radius 3 is 2.47 bits per heavy atom. The Balaban J connectivity index is 2.31.